The molecule has 0 N–H and O–H groups in total. The Hall–Kier alpha value is -1.45. The van der Waals surface area contributed by atoms with Gasteiger partial charge in [0.1, 0.15) is 12.4 Å². The van der Waals surface area contributed by atoms with Crippen LogP contribution in [0.1, 0.15) is 69.8 Å². The molecule has 0 bridgehead atoms. The summed E-state index contributed by atoms with van der Waals surface area (Å²) in [6.45, 7) is 2.18. The van der Waals surface area contributed by atoms with Gasteiger partial charge in [-0.3, -0.25) is 0 Å². The minimum Gasteiger partial charge on any atom is -0.490 e. The lowest BCUT2D eigenvalue weighted by atomic mass is 9.77. The van der Waals surface area contributed by atoms with Gasteiger partial charge in [-0.1, -0.05) is 44.7 Å². The van der Waals surface area contributed by atoms with E-state index in [0.717, 1.165) is 12.0 Å². The Bertz CT molecular complexity index is 511. The molecule has 0 amide bonds. The molecule has 0 aromatic heterocycles. The van der Waals surface area contributed by atoms with Gasteiger partial charge >= 0.3 is 6.18 Å². The van der Waals surface area contributed by atoms with Gasteiger partial charge < -0.3 is 4.74 Å². The van der Waals surface area contributed by atoms with Crippen molar-refractivity contribution < 1.29 is 17.9 Å². The number of benzene rings is 1. The Morgan fingerprint density at radius 1 is 1.04 bits per heavy atom. The highest BCUT2D eigenvalue weighted by Gasteiger charge is 2.22. The highest BCUT2D eigenvalue weighted by Crippen LogP contribution is 2.38. The van der Waals surface area contributed by atoms with E-state index in [1.54, 1.807) is 0 Å². The molecule has 1 aliphatic carbocycles. The Balaban J connectivity index is 1.74. The van der Waals surface area contributed by atoms with Crippen molar-refractivity contribution in [2.24, 2.45) is 5.92 Å². The van der Waals surface area contributed by atoms with E-state index >= 15 is 0 Å². The van der Waals surface area contributed by atoms with Crippen LogP contribution in [0.15, 0.2) is 36.4 Å². The average Bonchev–Trinajstić information content (AvgIpc) is 2.59. The van der Waals surface area contributed by atoms with Gasteiger partial charge in [0.15, 0.2) is 0 Å². The summed E-state index contributed by atoms with van der Waals surface area (Å²) < 4.78 is 41.4. The molecule has 0 aliphatic heterocycles. The highest BCUT2D eigenvalue weighted by atomic mass is 19.4. The number of unbranched alkanes of at least 4 members (excludes halogenated alkanes) is 2. The highest BCUT2D eigenvalue weighted by molar-refractivity contribution is 5.29. The van der Waals surface area contributed by atoms with E-state index in [1.165, 1.54) is 56.9 Å². The zero-order valence-corrected chi connectivity index (χ0v) is 15.0. The van der Waals surface area contributed by atoms with E-state index in [1.807, 2.05) is 12.1 Å². The monoisotopic (exact) mass is 354 g/mol. The number of halogens is 3. The van der Waals surface area contributed by atoms with Crippen LogP contribution in [0.4, 0.5) is 13.2 Å². The minimum absolute atomic E-state index is 0.0677. The molecule has 0 radical (unpaired) electrons. The first-order valence-electron chi connectivity index (χ1n) is 9.45. The predicted octanol–water partition coefficient (Wildman–Crippen LogP) is 7.04. The molecule has 0 saturated heterocycles. The maximum absolute atomic E-state index is 12.0. The Labute approximate surface area is 149 Å². The standard InChI is InChI=1S/C21H29F3O/c1-2-3-4-6-17-7-9-18(10-8-17)19-11-13-20(14-12-19)25-16-5-15-21(22,23)24/h5,11-15,17-18H,2-4,6-10,16H2,1H3. The maximum Gasteiger partial charge on any atom is 0.409 e. The molecule has 0 unspecified atom stereocenters. The average molecular weight is 354 g/mol. The third-order valence-corrected chi connectivity index (χ3v) is 5.07. The zero-order chi connectivity index (χ0) is 18.1. The number of hydrogen-bond donors (Lipinski definition) is 0. The molecule has 1 fully saturated rings. The number of hydrogen-bond acceptors (Lipinski definition) is 1. The second-order valence-electron chi connectivity index (χ2n) is 7.04. The lowest BCUT2D eigenvalue weighted by Gasteiger charge is -2.29. The van der Waals surface area contributed by atoms with E-state index in [4.69, 9.17) is 4.74 Å². The second-order valence-corrected chi connectivity index (χ2v) is 7.04. The van der Waals surface area contributed by atoms with E-state index in [2.05, 4.69) is 19.1 Å². The van der Waals surface area contributed by atoms with Crippen molar-refractivity contribution in [1.29, 1.82) is 0 Å². The van der Waals surface area contributed by atoms with Crippen molar-refractivity contribution in [3.05, 3.63) is 42.0 Å². The van der Waals surface area contributed by atoms with Crippen LogP contribution in [-0.2, 0) is 0 Å². The van der Waals surface area contributed by atoms with Crippen LogP contribution in [0.5, 0.6) is 5.75 Å². The van der Waals surface area contributed by atoms with Crippen LogP contribution in [-0.4, -0.2) is 12.8 Å². The third kappa shape index (κ3) is 7.54. The first-order chi connectivity index (χ1) is 12.0. The summed E-state index contributed by atoms with van der Waals surface area (Å²) in [5, 5.41) is 0. The minimum atomic E-state index is -4.28. The summed E-state index contributed by atoms with van der Waals surface area (Å²) in [4.78, 5) is 0. The van der Waals surface area contributed by atoms with Crippen LogP contribution < -0.4 is 4.74 Å². The molecule has 0 spiro atoms. The van der Waals surface area contributed by atoms with Crippen molar-refractivity contribution in [1.82, 2.24) is 0 Å². The van der Waals surface area contributed by atoms with Crippen molar-refractivity contribution in [3.8, 4) is 5.75 Å². The molecule has 0 atom stereocenters. The van der Waals surface area contributed by atoms with Crippen LogP contribution in [0.25, 0.3) is 0 Å². The Morgan fingerprint density at radius 3 is 2.32 bits per heavy atom. The smallest absolute Gasteiger partial charge is 0.409 e. The zero-order valence-electron chi connectivity index (χ0n) is 15.0. The molecule has 1 aliphatic rings. The first-order valence-corrected chi connectivity index (χ1v) is 9.45. The van der Waals surface area contributed by atoms with Crippen LogP contribution >= 0.6 is 0 Å². The van der Waals surface area contributed by atoms with E-state index in [0.29, 0.717) is 11.7 Å². The van der Waals surface area contributed by atoms with Gasteiger partial charge in [-0.2, -0.15) is 13.2 Å². The van der Waals surface area contributed by atoms with Crippen LogP contribution in [0.3, 0.4) is 0 Å². The lowest BCUT2D eigenvalue weighted by Crippen LogP contribution is -2.13. The summed E-state index contributed by atoms with van der Waals surface area (Å²) in [5.41, 5.74) is 1.32. The molecule has 1 aromatic carbocycles. The number of rotatable bonds is 8. The van der Waals surface area contributed by atoms with Crippen molar-refractivity contribution in [2.45, 2.75) is 70.4 Å². The van der Waals surface area contributed by atoms with Gasteiger partial charge in [0.25, 0.3) is 0 Å². The molecule has 1 saturated carbocycles. The molecule has 4 heteroatoms. The van der Waals surface area contributed by atoms with Crippen molar-refractivity contribution in [2.75, 3.05) is 6.61 Å². The molecule has 140 valence electrons. The fourth-order valence-electron chi connectivity index (χ4n) is 3.63. The molecule has 0 heterocycles. The molecular formula is C21H29F3O. The van der Waals surface area contributed by atoms with E-state index in [-0.39, 0.29) is 12.7 Å². The Morgan fingerprint density at radius 2 is 1.72 bits per heavy atom. The summed E-state index contributed by atoms with van der Waals surface area (Å²) in [7, 11) is 0. The Kier molecular flexibility index (Phi) is 7.86. The third-order valence-electron chi connectivity index (χ3n) is 5.07. The number of alkyl halides is 3. The fourth-order valence-corrected chi connectivity index (χ4v) is 3.63. The van der Waals surface area contributed by atoms with Crippen LogP contribution in [0, 0.1) is 5.92 Å². The van der Waals surface area contributed by atoms with E-state index in [9.17, 15) is 13.2 Å². The van der Waals surface area contributed by atoms with Gasteiger partial charge in [-0.15, -0.1) is 0 Å². The summed E-state index contributed by atoms with van der Waals surface area (Å²) in [5.74, 6) is 2.12. The summed E-state index contributed by atoms with van der Waals surface area (Å²) >= 11 is 0. The van der Waals surface area contributed by atoms with Crippen LogP contribution in [0.2, 0.25) is 0 Å². The summed E-state index contributed by atoms with van der Waals surface area (Å²) in [6.07, 6.45) is 7.41. The number of ether oxygens (including phenoxy) is 1. The quantitative estimate of drug-likeness (QED) is 0.359. The van der Waals surface area contributed by atoms with Crippen molar-refractivity contribution in [3.63, 3.8) is 0 Å². The largest absolute Gasteiger partial charge is 0.490 e. The molecular weight excluding hydrogens is 325 g/mol. The second kappa shape index (κ2) is 9.88. The maximum atomic E-state index is 12.0. The lowest BCUT2D eigenvalue weighted by molar-refractivity contribution is -0.0801. The topological polar surface area (TPSA) is 9.23 Å². The van der Waals surface area contributed by atoms with Gasteiger partial charge in [0.2, 0.25) is 0 Å². The molecule has 1 nitrogen and oxygen atoms in total. The predicted molar refractivity (Wildman–Crippen MR) is 96.0 cm³/mol. The fraction of sp³-hybridized carbons (Fsp3) is 0.619. The molecule has 25 heavy (non-hydrogen) atoms. The normalized spacial score (nSPS) is 21.6. The van der Waals surface area contributed by atoms with Gasteiger partial charge in [-0.25, -0.2) is 0 Å². The van der Waals surface area contributed by atoms with Crippen molar-refractivity contribution >= 4 is 0 Å². The number of allylic oxidation sites excluding steroid dienone is 1. The molecule has 2 rings (SSSR count). The first kappa shape index (κ1) is 19.9. The summed E-state index contributed by atoms with van der Waals surface area (Å²) in [6, 6.07) is 7.85. The SMILES string of the molecule is CCCCCC1CCC(c2ccc(OCC=CC(F)(F)F)cc2)CC1. The van der Waals surface area contributed by atoms with Gasteiger partial charge in [0.05, 0.1) is 0 Å². The molecule has 1 aromatic rings. The van der Waals surface area contributed by atoms with Gasteiger partial charge in [-0.05, 0) is 61.3 Å². The van der Waals surface area contributed by atoms with Gasteiger partial charge in [0, 0.05) is 6.08 Å². The van der Waals surface area contributed by atoms with E-state index < -0.39 is 6.18 Å².